The minimum absolute atomic E-state index is 0.0286. The normalized spacial score (nSPS) is 11.9. The van der Waals surface area contributed by atoms with Crippen LogP contribution in [0, 0.1) is 0 Å². The van der Waals surface area contributed by atoms with Gasteiger partial charge in [0.25, 0.3) is 0 Å². The average Bonchev–Trinajstić information content (AvgIpc) is 2.15. The van der Waals surface area contributed by atoms with Crippen molar-refractivity contribution in [3.05, 3.63) is 17.6 Å². The molecule has 1 rings (SSSR count). The van der Waals surface area contributed by atoms with Crippen molar-refractivity contribution < 1.29 is 0 Å². The highest BCUT2D eigenvalue weighted by molar-refractivity contribution is 5.43. The van der Waals surface area contributed by atoms with Crippen LogP contribution >= 0.6 is 0 Å². The first kappa shape index (κ1) is 12.0. The molecule has 0 aliphatic carbocycles. The number of hydrogen-bond donors (Lipinski definition) is 1. The summed E-state index contributed by atoms with van der Waals surface area (Å²) in [4.78, 5) is 9.10. The molecule has 0 bridgehead atoms. The van der Waals surface area contributed by atoms with E-state index in [1.165, 1.54) is 0 Å². The lowest BCUT2D eigenvalue weighted by Gasteiger charge is -2.21. The number of anilines is 1. The average molecular weight is 207 g/mol. The summed E-state index contributed by atoms with van der Waals surface area (Å²) < 4.78 is 0. The van der Waals surface area contributed by atoms with Crippen molar-refractivity contribution in [3.8, 4) is 0 Å². The van der Waals surface area contributed by atoms with Crippen LogP contribution in [0.2, 0.25) is 0 Å². The van der Waals surface area contributed by atoms with Crippen LogP contribution in [-0.2, 0) is 5.41 Å². The molecule has 0 saturated heterocycles. The van der Waals surface area contributed by atoms with E-state index in [-0.39, 0.29) is 5.41 Å². The van der Waals surface area contributed by atoms with Crippen LogP contribution in [0.5, 0.6) is 0 Å². The highest BCUT2D eigenvalue weighted by Crippen LogP contribution is 2.26. The van der Waals surface area contributed by atoms with Gasteiger partial charge >= 0.3 is 0 Å². The fourth-order valence-corrected chi connectivity index (χ4v) is 1.40. The van der Waals surface area contributed by atoms with Crippen molar-refractivity contribution in [2.24, 2.45) is 0 Å². The van der Waals surface area contributed by atoms with E-state index < -0.39 is 0 Å². The second-order valence-electron chi connectivity index (χ2n) is 5.15. The zero-order chi connectivity index (χ0) is 11.6. The summed E-state index contributed by atoms with van der Waals surface area (Å²) in [6.07, 6.45) is 1.88. The van der Waals surface area contributed by atoms with Crippen molar-refractivity contribution >= 4 is 5.82 Å². The Morgan fingerprint density at radius 2 is 1.87 bits per heavy atom. The summed E-state index contributed by atoms with van der Waals surface area (Å²) in [5.74, 6) is 1.31. The molecule has 0 amide bonds. The SMILES string of the molecule is CNc1nc(C(C)C)cnc1C(C)(C)C. The van der Waals surface area contributed by atoms with Crippen LogP contribution in [0.1, 0.15) is 51.9 Å². The summed E-state index contributed by atoms with van der Waals surface area (Å²) in [6, 6.07) is 0. The van der Waals surface area contributed by atoms with Crippen molar-refractivity contribution in [2.45, 2.75) is 46.0 Å². The summed E-state index contributed by atoms with van der Waals surface area (Å²) in [6.45, 7) is 10.7. The van der Waals surface area contributed by atoms with E-state index >= 15 is 0 Å². The van der Waals surface area contributed by atoms with E-state index in [2.05, 4.69) is 49.9 Å². The fourth-order valence-electron chi connectivity index (χ4n) is 1.40. The molecule has 84 valence electrons. The van der Waals surface area contributed by atoms with Crippen molar-refractivity contribution in [2.75, 3.05) is 12.4 Å². The van der Waals surface area contributed by atoms with Crippen LogP contribution in [0.15, 0.2) is 6.20 Å². The van der Waals surface area contributed by atoms with E-state index in [9.17, 15) is 0 Å². The molecular formula is C12H21N3. The molecule has 0 aliphatic rings. The number of nitrogens with zero attached hydrogens (tertiary/aromatic N) is 2. The topological polar surface area (TPSA) is 37.8 Å². The van der Waals surface area contributed by atoms with Gasteiger partial charge < -0.3 is 5.32 Å². The molecule has 0 radical (unpaired) electrons. The van der Waals surface area contributed by atoms with E-state index in [1.807, 2.05) is 13.2 Å². The Morgan fingerprint density at radius 1 is 1.27 bits per heavy atom. The number of aromatic nitrogens is 2. The maximum absolute atomic E-state index is 4.58. The lowest BCUT2D eigenvalue weighted by molar-refractivity contribution is 0.565. The molecule has 15 heavy (non-hydrogen) atoms. The number of hydrogen-bond acceptors (Lipinski definition) is 3. The maximum atomic E-state index is 4.58. The molecule has 0 unspecified atom stereocenters. The van der Waals surface area contributed by atoms with Crippen molar-refractivity contribution in [3.63, 3.8) is 0 Å². The third-order valence-electron chi connectivity index (χ3n) is 2.33. The Bertz CT molecular complexity index is 337. The quantitative estimate of drug-likeness (QED) is 0.810. The van der Waals surface area contributed by atoms with Gasteiger partial charge in [0.15, 0.2) is 0 Å². The van der Waals surface area contributed by atoms with Crippen LogP contribution in [0.3, 0.4) is 0 Å². The van der Waals surface area contributed by atoms with Crippen molar-refractivity contribution in [1.82, 2.24) is 9.97 Å². The Kier molecular flexibility index (Phi) is 3.32. The van der Waals surface area contributed by atoms with Gasteiger partial charge in [-0.3, -0.25) is 4.98 Å². The van der Waals surface area contributed by atoms with Gasteiger partial charge in [-0.05, 0) is 5.92 Å². The summed E-state index contributed by atoms with van der Waals surface area (Å²) in [5, 5.41) is 3.12. The van der Waals surface area contributed by atoms with Gasteiger partial charge in [-0.1, -0.05) is 34.6 Å². The molecule has 0 fully saturated rings. The predicted octanol–water partition coefficient (Wildman–Crippen LogP) is 2.94. The maximum Gasteiger partial charge on any atom is 0.148 e. The van der Waals surface area contributed by atoms with Crippen LogP contribution < -0.4 is 5.32 Å². The molecule has 1 N–H and O–H groups in total. The lowest BCUT2D eigenvalue weighted by Crippen LogP contribution is -2.18. The smallest absolute Gasteiger partial charge is 0.148 e. The minimum Gasteiger partial charge on any atom is -0.372 e. The molecule has 1 aromatic heterocycles. The first-order valence-corrected chi connectivity index (χ1v) is 5.41. The van der Waals surface area contributed by atoms with Gasteiger partial charge in [0, 0.05) is 18.7 Å². The number of nitrogens with one attached hydrogen (secondary N) is 1. The van der Waals surface area contributed by atoms with Gasteiger partial charge in [-0.25, -0.2) is 4.98 Å². The van der Waals surface area contributed by atoms with Gasteiger partial charge in [-0.15, -0.1) is 0 Å². The van der Waals surface area contributed by atoms with E-state index in [4.69, 9.17) is 0 Å². The van der Waals surface area contributed by atoms with E-state index in [0.717, 1.165) is 17.2 Å². The highest BCUT2D eigenvalue weighted by Gasteiger charge is 2.21. The minimum atomic E-state index is 0.0286. The molecular weight excluding hydrogens is 186 g/mol. The third kappa shape index (κ3) is 2.67. The second-order valence-corrected chi connectivity index (χ2v) is 5.15. The largest absolute Gasteiger partial charge is 0.372 e. The van der Waals surface area contributed by atoms with Crippen LogP contribution in [0.4, 0.5) is 5.82 Å². The van der Waals surface area contributed by atoms with Crippen molar-refractivity contribution in [1.29, 1.82) is 0 Å². The molecule has 0 aromatic carbocycles. The first-order valence-electron chi connectivity index (χ1n) is 5.41. The molecule has 3 nitrogen and oxygen atoms in total. The van der Waals surface area contributed by atoms with Crippen LogP contribution in [-0.4, -0.2) is 17.0 Å². The number of rotatable bonds is 2. The molecule has 0 saturated carbocycles. The predicted molar refractivity (Wildman–Crippen MR) is 64.4 cm³/mol. The van der Waals surface area contributed by atoms with Gasteiger partial charge in [0.2, 0.25) is 0 Å². The third-order valence-corrected chi connectivity index (χ3v) is 2.33. The Labute approximate surface area is 92.3 Å². The lowest BCUT2D eigenvalue weighted by atomic mass is 9.91. The zero-order valence-corrected chi connectivity index (χ0v) is 10.5. The highest BCUT2D eigenvalue weighted by atomic mass is 15.0. The Morgan fingerprint density at radius 3 is 2.27 bits per heavy atom. The van der Waals surface area contributed by atoms with Gasteiger partial charge in [-0.2, -0.15) is 0 Å². The standard InChI is InChI=1S/C12H21N3/c1-8(2)9-7-14-10(12(3,4)5)11(13-6)15-9/h7-8H,1-6H3,(H,13,15). The molecule has 0 aliphatic heterocycles. The monoisotopic (exact) mass is 207 g/mol. The molecule has 1 heterocycles. The summed E-state index contributed by atoms with van der Waals surface area (Å²) in [5.41, 5.74) is 2.09. The molecule has 0 spiro atoms. The van der Waals surface area contributed by atoms with E-state index in [1.54, 1.807) is 0 Å². The summed E-state index contributed by atoms with van der Waals surface area (Å²) >= 11 is 0. The van der Waals surface area contributed by atoms with Gasteiger partial charge in [0.1, 0.15) is 5.82 Å². The van der Waals surface area contributed by atoms with Gasteiger partial charge in [0.05, 0.1) is 11.4 Å². The molecule has 3 heteroatoms. The second kappa shape index (κ2) is 4.17. The van der Waals surface area contributed by atoms with Crippen LogP contribution in [0.25, 0.3) is 0 Å². The molecule has 0 atom stereocenters. The fraction of sp³-hybridized carbons (Fsp3) is 0.667. The molecule has 1 aromatic rings. The van der Waals surface area contributed by atoms with E-state index in [0.29, 0.717) is 5.92 Å². The summed E-state index contributed by atoms with van der Waals surface area (Å²) in [7, 11) is 1.89. The Hall–Kier alpha value is -1.12. The first-order chi connectivity index (χ1) is 6.86. The zero-order valence-electron chi connectivity index (χ0n) is 10.5. The Balaban J connectivity index is 3.21.